The lowest BCUT2D eigenvalue weighted by Gasteiger charge is -2.41. The third-order valence-electron chi connectivity index (χ3n) is 4.16. The summed E-state index contributed by atoms with van der Waals surface area (Å²) in [7, 11) is 3.96. The van der Waals surface area contributed by atoms with Crippen molar-refractivity contribution in [3.05, 3.63) is 48.5 Å². The quantitative estimate of drug-likeness (QED) is 0.608. The molecule has 0 radical (unpaired) electrons. The van der Waals surface area contributed by atoms with Crippen molar-refractivity contribution in [3.8, 4) is 11.1 Å². The van der Waals surface area contributed by atoms with E-state index in [0.717, 1.165) is 0 Å². The molecule has 0 bridgehead atoms. The highest BCUT2D eigenvalue weighted by Crippen LogP contribution is 2.58. The number of rotatable bonds is 3. The SMILES string of the molecule is CN(C)c1ccccc1-c1ccc(P(C(C)(C)C)C(C)(C)C)cc1. The van der Waals surface area contributed by atoms with E-state index in [9.17, 15) is 0 Å². The van der Waals surface area contributed by atoms with Crippen molar-refractivity contribution in [1.82, 2.24) is 0 Å². The summed E-state index contributed by atoms with van der Waals surface area (Å²) in [4.78, 5) is 2.18. The molecule has 0 spiro atoms. The van der Waals surface area contributed by atoms with Gasteiger partial charge in [-0.1, -0.05) is 91.9 Å². The van der Waals surface area contributed by atoms with Crippen molar-refractivity contribution in [2.24, 2.45) is 0 Å². The van der Waals surface area contributed by atoms with E-state index < -0.39 is 0 Å². The Bertz CT molecular complexity index is 658. The van der Waals surface area contributed by atoms with Gasteiger partial charge < -0.3 is 4.90 Å². The fraction of sp³-hybridized carbons (Fsp3) is 0.455. The van der Waals surface area contributed by atoms with Crippen LogP contribution in [0.3, 0.4) is 0 Å². The van der Waals surface area contributed by atoms with E-state index in [1.165, 1.54) is 22.1 Å². The molecule has 0 aliphatic heterocycles. The topological polar surface area (TPSA) is 3.24 Å². The number of para-hydroxylation sites is 1. The smallest absolute Gasteiger partial charge is 0.0440 e. The summed E-state index contributed by atoms with van der Waals surface area (Å²) in [5.41, 5.74) is 3.85. The van der Waals surface area contributed by atoms with Crippen molar-refractivity contribution in [2.75, 3.05) is 19.0 Å². The van der Waals surface area contributed by atoms with Gasteiger partial charge in [-0.15, -0.1) is 0 Å². The lowest BCUT2D eigenvalue weighted by atomic mass is 10.0. The minimum absolute atomic E-state index is 0.250. The Balaban J connectivity index is 2.45. The molecular weight excluding hydrogens is 309 g/mol. The average Bonchev–Trinajstić information content (AvgIpc) is 2.45. The highest BCUT2D eigenvalue weighted by Gasteiger charge is 2.35. The van der Waals surface area contributed by atoms with Crippen LogP contribution in [0.4, 0.5) is 5.69 Å². The normalized spacial score (nSPS) is 12.5. The summed E-state index contributed by atoms with van der Waals surface area (Å²) in [6, 6.07) is 17.9. The molecule has 2 aromatic carbocycles. The van der Waals surface area contributed by atoms with Gasteiger partial charge >= 0.3 is 0 Å². The van der Waals surface area contributed by atoms with Crippen molar-refractivity contribution >= 4 is 18.9 Å². The minimum Gasteiger partial charge on any atom is -0.377 e. The lowest BCUT2D eigenvalue weighted by Crippen LogP contribution is -2.31. The van der Waals surface area contributed by atoms with Crippen molar-refractivity contribution in [2.45, 2.75) is 51.9 Å². The van der Waals surface area contributed by atoms with E-state index in [0.29, 0.717) is 10.3 Å². The van der Waals surface area contributed by atoms with Crippen molar-refractivity contribution in [1.29, 1.82) is 0 Å². The first-order valence-electron chi connectivity index (χ1n) is 8.69. The molecule has 0 atom stereocenters. The van der Waals surface area contributed by atoms with E-state index in [2.05, 4.69) is 109 Å². The summed E-state index contributed by atoms with van der Waals surface area (Å²) < 4.78 is 0. The summed E-state index contributed by atoms with van der Waals surface area (Å²) in [5.74, 6) is 0. The number of hydrogen-bond acceptors (Lipinski definition) is 1. The van der Waals surface area contributed by atoms with Crippen LogP contribution in [0.15, 0.2) is 48.5 Å². The summed E-state index contributed by atoms with van der Waals surface area (Å²) in [6.45, 7) is 14.2. The van der Waals surface area contributed by atoms with Crippen LogP contribution in [0.5, 0.6) is 0 Å². The standard InChI is InChI=1S/C22H32NP/c1-21(2,3)24(22(4,5)6)18-15-13-17(14-16-18)19-11-9-10-12-20(19)23(7)8/h9-16H,1-8H3. The largest absolute Gasteiger partial charge is 0.377 e. The van der Waals surface area contributed by atoms with Crippen LogP contribution in [0, 0.1) is 0 Å². The van der Waals surface area contributed by atoms with Crippen LogP contribution >= 0.6 is 7.92 Å². The number of nitrogens with zero attached hydrogens (tertiary/aromatic N) is 1. The summed E-state index contributed by atoms with van der Waals surface area (Å²) in [5, 5.41) is 2.10. The number of hydrogen-bond donors (Lipinski definition) is 0. The first-order chi connectivity index (χ1) is 11.0. The van der Waals surface area contributed by atoms with Gasteiger partial charge in [0.05, 0.1) is 0 Å². The molecule has 0 saturated heterocycles. The molecule has 0 N–H and O–H groups in total. The van der Waals surface area contributed by atoms with Crippen LogP contribution in [0.25, 0.3) is 11.1 Å². The first-order valence-corrected chi connectivity index (χ1v) is 10.0. The monoisotopic (exact) mass is 341 g/mol. The first kappa shape index (κ1) is 19.0. The average molecular weight is 341 g/mol. The molecule has 2 aromatic rings. The third-order valence-corrected chi connectivity index (χ3v) is 7.66. The second-order valence-electron chi connectivity index (χ2n) is 8.64. The van der Waals surface area contributed by atoms with Crippen LogP contribution in [0.2, 0.25) is 0 Å². The fourth-order valence-electron chi connectivity index (χ4n) is 3.68. The minimum atomic E-state index is -0.250. The molecule has 2 heteroatoms. The maximum Gasteiger partial charge on any atom is 0.0440 e. The Morgan fingerprint density at radius 2 is 1.21 bits per heavy atom. The Kier molecular flexibility index (Phi) is 5.45. The molecule has 0 heterocycles. The van der Waals surface area contributed by atoms with Crippen LogP contribution in [0.1, 0.15) is 41.5 Å². The lowest BCUT2D eigenvalue weighted by molar-refractivity contribution is 0.715. The van der Waals surface area contributed by atoms with Gasteiger partial charge in [0.25, 0.3) is 0 Å². The van der Waals surface area contributed by atoms with Gasteiger partial charge in [-0.3, -0.25) is 0 Å². The third kappa shape index (κ3) is 4.19. The predicted molar refractivity (Wildman–Crippen MR) is 112 cm³/mol. The van der Waals surface area contributed by atoms with E-state index >= 15 is 0 Å². The molecule has 130 valence electrons. The molecule has 0 aliphatic carbocycles. The Morgan fingerprint density at radius 3 is 1.67 bits per heavy atom. The van der Waals surface area contributed by atoms with Gasteiger partial charge in [-0.05, 0) is 27.2 Å². The molecule has 2 rings (SSSR count). The van der Waals surface area contributed by atoms with Crippen molar-refractivity contribution < 1.29 is 0 Å². The van der Waals surface area contributed by atoms with E-state index in [4.69, 9.17) is 0 Å². The Labute approximate surface area is 149 Å². The highest BCUT2D eigenvalue weighted by atomic mass is 31.1. The van der Waals surface area contributed by atoms with E-state index in [-0.39, 0.29) is 7.92 Å². The van der Waals surface area contributed by atoms with Crippen molar-refractivity contribution in [3.63, 3.8) is 0 Å². The van der Waals surface area contributed by atoms with Gasteiger partial charge in [-0.25, -0.2) is 0 Å². The summed E-state index contributed by atoms with van der Waals surface area (Å²) in [6.07, 6.45) is 0. The number of anilines is 1. The van der Waals surface area contributed by atoms with E-state index in [1.54, 1.807) is 0 Å². The zero-order valence-electron chi connectivity index (χ0n) is 16.5. The second kappa shape index (κ2) is 6.89. The second-order valence-corrected chi connectivity index (χ2v) is 12.5. The molecule has 0 amide bonds. The molecule has 0 aliphatic rings. The number of benzene rings is 2. The van der Waals surface area contributed by atoms with Crippen LogP contribution in [-0.2, 0) is 0 Å². The zero-order chi connectivity index (χ0) is 18.1. The molecule has 0 unspecified atom stereocenters. The van der Waals surface area contributed by atoms with Crippen LogP contribution < -0.4 is 10.2 Å². The molecule has 0 fully saturated rings. The summed E-state index contributed by atoms with van der Waals surface area (Å²) >= 11 is 0. The molecule has 1 nitrogen and oxygen atoms in total. The molecule has 0 saturated carbocycles. The van der Waals surface area contributed by atoms with E-state index in [1.807, 2.05) is 0 Å². The van der Waals surface area contributed by atoms with Gasteiger partial charge in [0, 0.05) is 25.3 Å². The Hall–Kier alpha value is -1.33. The predicted octanol–water partition coefficient (Wildman–Crippen LogP) is 6.12. The maximum atomic E-state index is 2.37. The molecule has 24 heavy (non-hydrogen) atoms. The van der Waals surface area contributed by atoms with Crippen LogP contribution in [-0.4, -0.2) is 24.4 Å². The molecular formula is C22H32NP. The van der Waals surface area contributed by atoms with Gasteiger partial charge in [0.2, 0.25) is 0 Å². The maximum absolute atomic E-state index is 2.37. The van der Waals surface area contributed by atoms with Gasteiger partial charge in [0.1, 0.15) is 0 Å². The van der Waals surface area contributed by atoms with Gasteiger partial charge in [0.15, 0.2) is 0 Å². The van der Waals surface area contributed by atoms with Gasteiger partial charge in [-0.2, -0.15) is 0 Å². The Morgan fingerprint density at radius 1 is 0.708 bits per heavy atom. The highest BCUT2D eigenvalue weighted by molar-refractivity contribution is 7.68. The zero-order valence-corrected chi connectivity index (χ0v) is 17.4. The molecule has 0 aromatic heterocycles. The fourth-order valence-corrected chi connectivity index (χ4v) is 7.69.